The molecular formula is C20H20F26NO6P. The Hall–Kier alpha value is -1.83. The van der Waals surface area contributed by atoms with Crippen LogP contribution in [0.15, 0.2) is 0 Å². The number of phosphoric acid groups is 1. The monoisotopic (exact) mass is 895 g/mol. The van der Waals surface area contributed by atoms with Crippen LogP contribution in [0.1, 0.15) is 12.8 Å². The molecule has 0 saturated carbocycles. The second-order valence-corrected chi connectivity index (χ2v) is 11.3. The van der Waals surface area contributed by atoms with E-state index in [2.05, 4.69) is 14.4 Å². The van der Waals surface area contributed by atoms with E-state index in [1.165, 1.54) is 0 Å². The third-order valence-corrected chi connectivity index (χ3v) is 6.93. The van der Waals surface area contributed by atoms with Crippen molar-refractivity contribution in [2.75, 3.05) is 39.5 Å². The third kappa shape index (κ3) is 10.4. The molecule has 0 unspecified atom stereocenters. The third-order valence-electron chi connectivity index (χ3n) is 5.91. The highest BCUT2D eigenvalue weighted by Crippen LogP contribution is 2.62. The van der Waals surface area contributed by atoms with Crippen molar-refractivity contribution in [3.05, 3.63) is 0 Å². The van der Waals surface area contributed by atoms with E-state index in [0.29, 0.717) is 13.1 Å². The number of hydrogen-bond acceptors (Lipinski definition) is 6. The van der Waals surface area contributed by atoms with Crippen LogP contribution in [0.4, 0.5) is 114 Å². The summed E-state index contributed by atoms with van der Waals surface area (Å²) in [4.78, 5) is 8.95. The van der Waals surface area contributed by atoms with Crippen LogP contribution < -0.4 is 5.32 Å². The molecular weight excluding hydrogens is 875 g/mol. The van der Waals surface area contributed by atoms with Crippen LogP contribution in [0.3, 0.4) is 0 Å². The number of hydrogen-bond donors (Lipinski definition) is 4. The molecule has 0 aliphatic heterocycles. The first-order valence-electron chi connectivity index (χ1n) is 12.8. The van der Waals surface area contributed by atoms with E-state index in [0.717, 1.165) is 0 Å². The maximum atomic E-state index is 13.6. The zero-order chi connectivity index (χ0) is 44.3. The van der Waals surface area contributed by atoms with Crippen molar-refractivity contribution in [3.63, 3.8) is 0 Å². The lowest BCUT2D eigenvalue weighted by Gasteiger charge is -2.39. The van der Waals surface area contributed by atoms with Gasteiger partial charge in [-0.15, -0.1) is 0 Å². The smallest absolute Gasteiger partial charge is 0.395 e. The Morgan fingerprint density at radius 1 is 0.407 bits per heavy atom. The van der Waals surface area contributed by atoms with Gasteiger partial charge in [0.05, 0.1) is 26.4 Å². The fourth-order valence-electron chi connectivity index (χ4n) is 2.82. The summed E-state index contributed by atoms with van der Waals surface area (Å²) in [6.45, 7) is -4.17. The van der Waals surface area contributed by atoms with Crippen molar-refractivity contribution in [1.82, 2.24) is 5.32 Å². The van der Waals surface area contributed by atoms with Gasteiger partial charge in [-0.25, -0.2) is 4.57 Å². The predicted octanol–water partition coefficient (Wildman–Crippen LogP) is 7.94. The van der Waals surface area contributed by atoms with Crippen LogP contribution in [0.25, 0.3) is 0 Å². The van der Waals surface area contributed by atoms with Crippen molar-refractivity contribution >= 4 is 7.82 Å². The Kier molecular flexibility index (Phi) is 17.0. The first-order valence-corrected chi connectivity index (χ1v) is 14.3. The standard InChI is InChI=1S/C16H9F26O4P.C4H11NO2/c17-5(18,7(21,22)9(25,26)11(29,30)13(33,34)15(37,38)39)1-3-45-47(43,44)46-4-2-6(19,20)8(23,24)10(27,28)12(31,32)14(35,36)16(40,41)42;6-3-1-5-2-4-7/h1-4H2,(H,43,44);5-7H,1-4H2. The molecule has 0 saturated heterocycles. The minimum Gasteiger partial charge on any atom is -0.395 e. The van der Waals surface area contributed by atoms with E-state index < -0.39 is 105 Å². The van der Waals surface area contributed by atoms with Gasteiger partial charge in [-0.2, -0.15) is 114 Å². The Morgan fingerprint density at radius 3 is 0.833 bits per heavy atom. The van der Waals surface area contributed by atoms with Crippen LogP contribution in [-0.4, -0.2) is 126 Å². The van der Waals surface area contributed by atoms with E-state index in [4.69, 9.17) is 15.1 Å². The molecule has 0 atom stereocenters. The van der Waals surface area contributed by atoms with Crippen molar-refractivity contribution in [3.8, 4) is 0 Å². The average Bonchev–Trinajstić information content (AvgIpc) is 2.95. The molecule has 0 fully saturated rings. The van der Waals surface area contributed by atoms with Gasteiger partial charge in [0.1, 0.15) is 0 Å². The molecule has 0 rings (SSSR count). The van der Waals surface area contributed by atoms with E-state index >= 15 is 0 Å². The van der Waals surface area contributed by atoms with Gasteiger partial charge in [-0.05, 0) is 0 Å². The summed E-state index contributed by atoms with van der Waals surface area (Å²) in [7, 11) is -6.58. The molecule has 0 heterocycles. The summed E-state index contributed by atoms with van der Waals surface area (Å²) in [6.07, 6.45) is -22.3. The van der Waals surface area contributed by atoms with Crippen LogP contribution in [0.5, 0.6) is 0 Å². The largest absolute Gasteiger partial charge is 0.472 e. The highest BCUT2D eigenvalue weighted by Gasteiger charge is 2.92. The lowest BCUT2D eigenvalue weighted by atomic mass is 9.93. The minimum atomic E-state index is -8.36. The summed E-state index contributed by atoms with van der Waals surface area (Å²) in [5.74, 6) is -79.5. The minimum absolute atomic E-state index is 0.139. The van der Waals surface area contributed by atoms with Crippen molar-refractivity contribution in [2.24, 2.45) is 0 Å². The number of aliphatic hydroxyl groups excluding tert-OH is 2. The molecule has 0 bridgehead atoms. The van der Waals surface area contributed by atoms with Gasteiger partial charge in [0.25, 0.3) is 0 Å². The molecule has 0 amide bonds. The van der Waals surface area contributed by atoms with Crippen LogP contribution in [-0.2, 0) is 13.6 Å². The van der Waals surface area contributed by atoms with Crippen LogP contribution in [0, 0.1) is 0 Å². The van der Waals surface area contributed by atoms with E-state index in [1.807, 2.05) is 0 Å². The lowest BCUT2D eigenvalue weighted by molar-refractivity contribution is -0.440. The predicted molar refractivity (Wildman–Crippen MR) is 120 cm³/mol. The number of halogens is 26. The van der Waals surface area contributed by atoms with Gasteiger partial charge in [0.15, 0.2) is 0 Å². The summed E-state index contributed by atoms with van der Waals surface area (Å²) in [6, 6.07) is 0. The Balaban J connectivity index is 0. The average molecular weight is 895 g/mol. The zero-order valence-electron chi connectivity index (χ0n) is 25.0. The molecule has 0 spiro atoms. The van der Waals surface area contributed by atoms with Crippen LogP contribution >= 0.6 is 7.82 Å². The summed E-state index contributed by atoms with van der Waals surface area (Å²) >= 11 is 0. The first-order chi connectivity index (χ1) is 23.3. The number of nitrogens with one attached hydrogen (secondary N) is 1. The van der Waals surface area contributed by atoms with Crippen molar-refractivity contribution < 1.29 is 143 Å². The maximum absolute atomic E-state index is 13.6. The van der Waals surface area contributed by atoms with Crippen LogP contribution in [0.2, 0.25) is 0 Å². The second-order valence-electron chi connectivity index (χ2n) is 9.83. The summed E-state index contributed by atoms with van der Waals surface area (Å²) in [5, 5.41) is 19.1. The number of phosphoric ester groups is 1. The Morgan fingerprint density at radius 2 is 0.630 bits per heavy atom. The molecule has 0 aliphatic rings. The van der Waals surface area contributed by atoms with E-state index in [9.17, 15) is 119 Å². The van der Waals surface area contributed by atoms with Crippen molar-refractivity contribution in [2.45, 2.75) is 84.4 Å². The number of aliphatic hydroxyl groups is 2. The summed E-state index contributed by atoms with van der Waals surface area (Å²) in [5.41, 5.74) is 0. The van der Waals surface area contributed by atoms with Crippen molar-refractivity contribution in [1.29, 1.82) is 0 Å². The van der Waals surface area contributed by atoms with Gasteiger partial charge in [-0.3, -0.25) is 9.05 Å². The Labute approximate surface area is 281 Å². The molecule has 54 heavy (non-hydrogen) atoms. The number of alkyl halides is 26. The maximum Gasteiger partial charge on any atom is 0.472 e. The zero-order valence-corrected chi connectivity index (χ0v) is 25.9. The van der Waals surface area contributed by atoms with Gasteiger partial charge < -0.3 is 20.4 Å². The molecule has 4 N–H and O–H groups in total. The molecule has 7 nitrogen and oxygen atoms in total. The molecule has 0 aromatic carbocycles. The molecule has 0 aromatic rings. The quantitative estimate of drug-likeness (QED) is 0.0559. The fraction of sp³-hybridized carbons (Fsp3) is 1.00. The SMILES string of the molecule is O=P(O)(OCCC(F)(F)C(F)(F)C(F)(F)C(F)(F)C(F)(F)C(F)(F)F)OCCC(F)(F)C(F)(F)C(F)(F)C(F)(F)C(F)(F)C(F)(F)F.OCCNCCO. The molecule has 0 aliphatic carbocycles. The summed E-state index contributed by atoms with van der Waals surface area (Å²) < 4.78 is 355. The molecule has 0 radical (unpaired) electrons. The van der Waals surface area contributed by atoms with Gasteiger partial charge in [0.2, 0.25) is 0 Å². The fourth-order valence-corrected chi connectivity index (χ4v) is 3.54. The van der Waals surface area contributed by atoms with E-state index in [1.54, 1.807) is 0 Å². The van der Waals surface area contributed by atoms with Gasteiger partial charge in [-0.1, -0.05) is 0 Å². The lowest BCUT2D eigenvalue weighted by Crippen LogP contribution is -2.70. The highest BCUT2D eigenvalue weighted by molar-refractivity contribution is 7.47. The molecule has 0 aromatic heterocycles. The number of rotatable bonds is 20. The van der Waals surface area contributed by atoms with Gasteiger partial charge in [0, 0.05) is 25.9 Å². The second kappa shape index (κ2) is 16.9. The van der Waals surface area contributed by atoms with Gasteiger partial charge >= 0.3 is 79.4 Å². The molecule has 328 valence electrons. The van der Waals surface area contributed by atoms with E-state index in [-0.39, 0.29) is 13.2 Å². The topological polar surface area (TPSA) is 108 Å². The first kappa shape index (κ1) is 54.3. The molecule has 34 heteroatoms. The Bertz CT molecular complexity index is 1150. The normalized spacial score (nSPS) is 15.6. The highest BCUT2D eigenvalue weighted by atomic mass is 31.2.